The molecule has 0 radical (unpaired) electrons. The number of nitrogens with zero attached hydrogens (tertiary/aromatic N) is 3. The molecular weight excluding hydrogens is 303 g/mol. The van der Waals surface area contributed by atoms with Crippen LogP contribution >= 0.6 is 22.6 Å². The summed E-state index contributed by atoms with van der Waals surface area (Å²) in [6, 6.07) is 0.353. The second-order valence-electron chi connectivity index (χ2n) is 3.26. The maximum atomic E-state index is 7.19. The lowest BCUT2D eigenvalue weighted by Gasteiger charge is -2.06. The van der Waals surface area contributed by atoms with Crippen LogP contribution in [0, 0.1) is 5.41 Å². The molecule has 5 heteroatoms. The van der Waals surface area contributed by atoms with E-state index in [-0.39, 0.29) is 0 Å². The number of halogens is 1. The number of rotatable bonds is 4. The van der Waals surface area contributed by atoms with Gasteiger partial charge < -0.3 is 4.57 Å². The summed E-state index contributed by atoms with van der Waals surface area (Å²) < 4.78 is 2.49. The Kier molecular flexibility index (Phi) is 4.67. The van der Waals surface area contributed by atoms with Gasteiger partial charge in [0.2, 0.25) is 0 Å². The second-order valence-corrected chi connectivity index (χ2v) is 4.42. The minimum Gasteiger partial charge on any atom is -0.312 e. The smallest absolute Gasteiger partial charge is 0.156 e. The van der Waals surface area contributed by atoms with Gasteiger partial charge in [0.25, 0.3) is 0 Å². The molecule has 0 saturated heterocycles. The molecule has 0 aliphatic carbocycles. The molecule has 0 spiro atoms. The number of hydrogen-bond donors (Lipinski definition) is 1. The highest BCUT2D eigenvalue weighted by Gasteiger charge is 2.02. The molecule has 1 aromatic heterocycles. The van der Waals surface area contributed by atoms with E-state index in [0.717, 1.165) is 5.82 Å². The SMILES string of the molecule is CC(C)n1cnnc1/C=C/C=C\C(=N)I. The summed E-state index contributed by atoms with van der Waals surface area (Å²) in [7, 11) is 0. The number of hydrogen-bond acceptors (Lipinski definition) is 3. The van der Waals surface area contributed by atoms with Gasteiger partial charge >= 0.3 is 0 Å². The summed E-state index contributed by atoms with van der Waals surface area (Å²) in [4.78, 5) is 0. The fraction of sp³-hybridized carbons (Fsp3) is 0.300. The highest BCUT2D eigenvalue weighted by atomic mass is 127. The van der Waals surface area contributed by atoms with Crippen LogP contribution in [0.2, 0.25) is 0 Å². The van der Waals surface area contributed by atoms with Crippen molar-refractivity contribution in [1.29, 1.82) is 5.41 Å². The van der Waals surface area contributed by atoms with Crippen LogP contribution in [0.15, 0.2) is 24.6 Å². The van der Waals surface area contributed by atoms with Gasteiger partial charge in [0, 0.05) is 6.04 Å². The van der Waals surface area contributed by atoms with E-state index in [1.54, 1.807) is 12.4 Å². The van der Waals surface area contributed by atoms with E-state index in [4.69, 9.17) is 5.41 Å². The van der Waals surface area contributed by atoms with Crippen molar-refractivity contribution in [3.05, 3.63) is 30.4 Å². The molecule has 1 N–H and O–H groups in total. The van der Waals surface area contributed by atoms with Crippen LogP contribution < -0.4 is 0 Å². The summed E-state index contributed by atoms with van der Waals surface area (Å²) >= 11 is 1.94. The van der Waals surface area contributed by atoms with Gasteiger partial charge in [0.1, 0.15) is 6.33 Å². The molecule has 0 saturated carbocycles. The third-order valence-electron chi connectivity index (χ3n) is 1.76. The van der Waals surface area contributed by atoms with Gasteiger partial charge in [-0.25, -0.2) is 0 Å². The Morgan fingerprint density at radius 2 is 2.27 bits per heavy atom. The number of aromatic nitrogens is 3. The fourth-order valence-corrected chi connectivity index (χ4v) is 1.26. The van der Waals surface area contributed by atoms with Crippen molar-refractivity contribution in [2.24, 2.45) is 0 Å². The van der Waals surface area contributed by atoms with Crippen molar-refractivity contribution < 1.29 is 0 Å². The Morgan fingerprint density at radius 1 is 1.53 bits per heavy atom. The number of allylic oxidation sites excluding steroid dienone is 3. The normalized spacial score (nSPS) is 12.0. The highest BCUT2D eigenvalue weighted by molar-refractivity contribution is 14.1. The first-order chi connectivity index (χ1) is 7.11. The van der Waals surface area contributed by atoms with E-state index in [0.29, 0.717) is 9.76 Å². The Bertz CT molecular complexity index is 390. The van der Waals surface area contributed by atoms with Crippen LogP contribution in [0.1, 0.15) is 25.7 Å². The van der Waals surface area contributed by atoms with Crippen LogP contribution in [0.25, 0.3) is 6.08 Å². The van der Waals surface area contributed by atoms with Crippen molar-refractivity contribution in [3.63, 3.8) is 0 Å². The van der Waals surface area contributed by atoms with Gasteiger partial charge in [0.05, 0.1) is 3.72 Å². The molecular formula is C10H13IN4. The molecule has 0 unspecified atom stereocenters. The lowest BCUT2D eigenvalue weighted by atomic mass is 10.3. The van der Waals surface area contributed by atoms with Gasteiger partial charge in [-0.05, 0) is 48.6 Å². The van der Waals surface area contributed by atoms with E-state index in [9.17, 15) is 0 Å². The first kappa shape index (κ1) is 12.1. The molecule has 0 aliphatic rings. The number of nitrogens with one attached hydrogen (secondary N) is 1. The van der Waals surface area contributed by atoms with Crippen LogP contribution in [-0.2, 0) is 0 Å². The van der Waals surface area contributed by atoms with Gasteiger partial charge in [0.15, 0.2) is 5.82 Å². The van der Waals surface area contributed by atoms with Crippen LogP contribution in [0.3, 0.4) is 0 Å². The van der Waals surface area contributed by atoms with Crippen LogP contribution in [0.4, 0.5) is 0 Å². The van der Waals surface area contributed by atoms with Crippen molar-refractivity contribution >= 4 is 32.4 Å². The minimum absolute atomic E-state index is 0.353. The molecule has 4 nitrogen and oxygen atoms in total. The quantitative estimate of drug-likeness (QED) is 0.527. The summed E-state index contributed by atoms with van der Waals surface area (Å²) in [6.07, 6.45) is 8.98. The monoisotopic (exact) mass is 316 g/mol. The van der Waals surface area contributed by atoms with Crippen LogP contribution in [-0.4, -0.2) is 18.5 Å². The first-order valence-corrected chi connectivity index (χ1v) is 5.67. The van der Waals surface area contributed by atoms with Gasteiger partial charge in [-0.15, -0.1) is 10.2 Å². The molecule has 0 bridgehead atoms. The molecule has 15 heavy (non-hydrogen) atoms. The van der Waals surface area contributed by atoms with E-state index in [1.807, 2.05) is 45.4 Å². The Labute approximate surface area is 103 Å². The zero-order valence-electron chi connectivity index (χ0n) is 8.68. The second kappa shape index (κ2) is 5.79. The van der Waals surface area contributed by atoms with Crippen molar-refractivity contribution in [2.75, 3.05) is 0 Å². The zero-order chi connectivity index (χ0) is 11.3. The van der Waals surface area contributed by atoms with Gasteiger partial charge in [-0.3, -0.25) is 5.41 Å². The average molecular weight is 316 g/mol. The highest BCUT2D eigenvalue weighted by Crippen LogP contribution is 2.07. The third kappa shape index (κ3) is 3.94. The van der Waals surface area contributed by atoms with E-state index < -0.39 is 0 Å². The fourth-order valence-electron chi connectivity index (χ4n) is 1.05. The summed E-state index contributed by atoms with van der Waals surface area (Å²) in [5, 5.41) is 15.0. The molecule has 0 amide bonds. The topological polar surface area (TPSA) is 54.6 Å². The maximum absolute atomic E-state index is 7.19. The predicted octanol–water partition coefficient (Wildman–Crippen LogP) is 2.84. The summed E-state index contributed by atoms with van der Waals surface area (Å²) in [6.45, 7) is 4.16. The largest absolute Gasteiger partial charge is 0.312 e. The molecule has 80 valence electrons. The molecule has 1 aromatic rings. The average Bonchev–Trinajstić information content (AvgIpc) is 2.60. The van der Waals surface area contributed by atoms with Crippen LogP contribution in [0.5, 0.6) is 0 Å². The van der Waals surface area contributed by atoms with Crippen molar-refractivity contribution in [3.8, 4) is 0 Å². The third-order valence-corrected chi connectivity index (χ3v) is 2.12. The maximum Gasteiger partial charge on any atom is 0.156 e. The zero-order valence-corrected chi connectivity index (χ0v) is 10.8. The molecule has 1 rings (SSSR count). The van der Waals surface area contributed by atoms with Crippen molar-refractivity contribution in [2.45, 2.75) is 19.9 Å². The summed E-state index contributed by atoms with van der Waals surface area (Å²) in [5.74, 6) is 0.828. The lowest BCUT2D eigenvalue weighted by Crippen LogP contribution is -2.01. The molecule has 0 aromatic carbocycles. The molecule has 1 heterocycles. The molecule has 0 atom stereocenters. The Morgan fingerprint density at radius 3 is 2.87 bits per heavy atom. The molecule has 0 aliphatic heterocycles. The Balaban J connectivity index is 2.72. The van der Waals surface area contributed by atoms with E-state index in [2.05, 4.69) is 24.0 Å². The predicted molar refractivity (Wildman–Crippen MR) is 70.3 cm³/mol. The van der Waals surface area contributed by atoms with Gasteiger partial charge in [-0.1, -0.05) is 12.2 Å². The van der Waals surface area contributed by atoms with E-state index >= 15 is 0 Å². The molecule has 0 fully saturated rings. The lowest BCUT2D eigenvalue weighted by molar-refractivity contribution is 0.593. The first-order valence-electron chi connectivity index (χ1n) is 4.59. The van der Waals surface area contributed by atoms with E-state index in [1.165, 1.54) is 0 Å². The standard InChI is InChI=1S/C10H13IN4/c1-8(2)15-7-13-14-10(15)6-4-3-5-9(11)12/h3-8,12H,1-2H3/b5-3-,6-4+,12-9?. The minimum atomic E-state index is 0.353. The summed E-state index contributed by atoms with van der Waals surface area (Å²) in [5.41, 5.74) is 0. The Hall–Kier alpha value is -0.980. The van der Waals surface area contributed by atoms with Crippen molar-refractivity contribution in [1.82, 2.24) is 14.8 Å². The van der Waals surface area contributed by atoms with Gasteiger partial charge in [-0.2, -0.15) is 0 Å².